The fourth-order valence-electron chi connectivity index (χ4n) is 5.89. The van der Waals surface area contributed by atoms with Crippen molar-refractivity contribution in [1.29, 1.82) is 0 Å². The van der Waals surface area contributed by atoms with Crippen LogP contribution in [-0.4, -0.2) is 124 Å². The second-order valence-corrected chi connectivity index (χ2v) is 10.2. The van der Waals surface area contributed by atoms with Crippen molar-refractivity contribution < 1.29 is 19.8 Å². The molecule has 0 aliphatic carbocycles. The van der Waals surface area contributed by atoms with Crippen molar-refractivity contribution in [3.05, 3.63) is 48.5 Å². The summed E-state index contributed by atoms with van der Waals surface area (Å²) in [5, 5.41) is 37.6. The highest BCUT2D eigenvalue weighted by molar-refractivity contribution is 5.75. The predicted octanol–water partition coefficient (Wildman–Crippen LogP) is 2.24. The molecule has 2 N–H and O–H groups in total. The van der Waals surface area contributed by atoms with Gasteiger partial charge in [-0.15, -0.1) is 10.2 Å². The Morgan fingerprint density at radius 3 is 1.45 bits per heavy atom. The number of rotatable bonds is 5. The van der Waals surface area contributed by atoms with Crippen LogP contribution in [0.15, 0.2) is 48.5 Å². The van der Waals surface area contributed by atoms with Gasteiger partial charge in [0, 0.05) is 52.4 Å². The number of nitrogens with zero attached hydrogens (tertiary/aromatic N) is 10. The maximum Gasteiger partial charge on any atom is 0.407 e. The molecule has 2 unspecified atom stereocenters. The number of carboxylic acid groups (broad SMARTS) is 2. The Balaban J connectivity index is 1.50. The molecule has 40 heavy (non-hydrogen) atoms. The van der Waals surface area contributed by atoms with Gasteiger partial charge < -0.3 is 20.0 Å². The van der Waals surface area contributed by atoms with Gasteiger partial charge >= 0.3 is 12.2 Å². The molecular formula is C26H32N10O4. The Hall–Kier alpha value is -4.30. The molecule has 0 spiro atoms. The second-order valence-electron chi connectivity index (χ2n) is 10.2. The summed E-state index contributed by atoms with van der Waals surface area (Å²) in [6.45, 7) is 3.87. The minimum Gasteiger partial charge on any atom is -0.465 e. The van der Waals surface area contributed by atoms with Gasteiger partial charge in [-0.25, -0.2) is 19.0 Å². The van der Waals surface area contributed by atoms with Crippen LogP contribution >= 0.6 is 0 Å². The summed E-state index contributed by atoms with van der Waals surface area (Å²) in [5.74, 6) is 0. The molecule has 14 nitrogen and oxygen atoms in total. The molecule has 6 rings (SSSR count). The van der Waals surface area contributed by atoms with E-state index in [2.05, 4.69) is 30.4 Å². The van der Waals surface area contributed by atoms with Crippen LogP contribution in [0.4, 0.5) is 9.59 Å². The van der Waals surface area contributed by atoms with E-state index in [0.717, 1.165) is 22.1 Å². The van der Waals surface area contributed by atoms with Crippen molar-refractivity contribution in [2.45, 2.75) is 25.2 Å². The van der Waals surface area contributed by atoms with Crippen molar-refractivity contribution in [3.63, 3.8) is 0 Å². The van der Waals surface area contributed by atoms with Gasteiger partial charge in [0.05, 0.1) is 11.0 Å². The molecule has 2 aromatic carbocycles. The number of para-hydroxylation sites is 2. The Labute approximate surface area is 229 Å². The van der Waals surface area contributed by atoms with Crippen LogP contribution in [0.1, 0.15) is 25.2 Å². The van der Waals surface area contributed by atoms with Gasteiger partial charge in [0.2, 0.25) is 0 Å². The van der Waals surface area contributed by atoms with E-state index < -0.39 is 24.5 Å². The van der Waals surface area contributed by atoms with E-state index in [4.69, 9.17) is 0 Å². The SMILES string of the molecule is O=C(O)N1CCCN(C(C(N2CCCN(C(=O)O)CC2)n2nnc3ccccc32)n2nnc3ccccc32)CC1. The zero-order valence-corrected chi connectivity index (χ0v) is 22.0. The first-order valence-electron chi connectivity index (χ1n) is 13.5. The Kier molecular flexibility index (Phi) is 7.17. The molecule has 14 heteroatoms. The van der Waals surface area contributed by atoms with Gasteiger partial charge in [-0.1, -0.05) is 34.7 Å². The third kappa shape index (κ3) is 4.91. The fraction of sp³-hybridized carbons (Fsp3) is 0.462. The van der Waals surface area contributed by atoms with Gasteiger partial charge in [0.15, 0.2) is 0 Å². The molecule has 2 atom stereocenters. The normalized spacial score (nSPS) is 19.4. The van der Waals surface area contributed by atoms with E-state index in [1.807, 2.05) is 57.9 Å². The molecule has 0 radical (unpaired) electrons. The summed E-state index contributed by atoms with van der Waals surface area (Å²) < 4.78 is 3.82. The molecule has 2 aliphatic rings. The van der Waals surface area contributed by atoms with Crippen LogP contribution in [-0.2, 0) is 0 Å². The Bertz CT molecular complexity index is 1390. The number of hydrogen-bond acceptors (Lipinski definition) is 8. The average Bonchev–Trinajstić information content (AvgIpc) is 3.37. The lowest BCUT2D eigenvalue weighted by Gasteiger charge is -2.41. The van der Waals surface area contributed by atoms with Crippen LogP contribution in [0.5, 0.6) is 0 Å². The summed E-state index contributed by atoms with van der Waals surface area (Å²) in [7, 11) is 0. The third-order valence-corrected chi connectivity index (χ3v) is 7.87. The van der Waals surface area contributed by atoms with Crippen molar-refractivity contribution in [3.8, 4) is 0 Å². The van der Waals surface area contributed by atoms with Crippen LogP contribution in [0.3, 0.4) is 0 Å². The van der Waals surface area contributed by atoms with Crippen LogP contribution < -0.4 is 0 Å². The number of amides is 2. The zero-order chi connectivity index (χ0) is 27.6. The summed E-state index contributed by atoms with van der Waals surface area (Å²) in [4.78, 5) is 31.1. The van der Waals surface area contributed by atoms with Crippen molar-refractivity contribution in [2.24, 2.45) is 0 Å². The monoisotopic (exact) mass is 548 g/mol. The number of carbonyl (C=O) groups is 2. The molecule has 210 valence electrons. The van der Waals surface area contributed by atoms with E-state index in [-0.39, 0.29) is 0 Å². The summed E-state index contributed by atoms with van der Waals surface area (Å²) in [6, 6.07) is 15.5. The van der Waals surface area contributed by atoms with Crippen molar-refractivity contribution >= 4 is 34.3 Å². The Morgan fingerprint density at radius 2 is 1.02 bits per heavy atom. The van der Waals surface area contributed by atoms with E-state index in [9.17, 15) is 19.8 Å². The van der Waals surface area contributed by atoms with Crippen LogP contribution in [0, 0.1) is 0 Å². The summed E-state index contributed by atoms with van der Waals surface area (Å²) >= 11 is 0. The molecule has 0 bridgehead atoms. The standard InChI is InChI=1S/C26H32N10O4/c37-25(38)33-13-5-11-31(15-17-33)23(35-21-9-3-1-7-19(21)27-29-35)24(32-12-6-14-34(18-16-32)26(39)40)36-22-10-4-2-8-20(22)28-30-36/h1-4,7-10,23-24H,5-6,11-18H2,(H,37,38)(H,39,40). The predicted molar refractivity (Wildman–Crippen MR) is 145 cm³/mol. The number of hydrogen-bond donors (Lipinski definition) is 2. The van der Waals surface area contributed by atoms with E-state index >= 15 is 0 Å². The average molecular weight is 549 g/mol. The minimum atomic E-state index is -0.926. The number of aromatic nitrogens is 6. The van der Waals surface area contributed by atoms with Crippen LogP contribution in [0.25, 0.3) is 22.1 Å². The topological polar surface area (TPSA) is 149 Å². The maximum atomic E-state index is 11.8. The van der Waals surface area contributed by atoms with E-state index in [1.165, 1.54) is 9.80 Å². The lowest BCUT2D eigenvalue weighted by molar-refractivity contribution is -0.0115. The highest BCUT2D eigenvalue weighted by Gasteiger charge is 2.40. The first kappa shape index (κ1) is 26.0. The van der Waals surface area contributed by atoms with Gasteiger partial charge in [0.25, 0.3) is 0 Å². The lowest BCUT2D eigenvalue weighted by Crippen LogP contribution is -2.49. The molecule has 2 amide bonds. The third-order valence-electron chi connectivity index (χ3n) is 7.87. The van der Waals surface area contributed by atoms with Crippen LogP contribution in [0.2, 0.25) is 0 Å². The molecule has 2 aliphatic heterocycles. The Morgan fingerprint density at radius 1 is 0.600 bits per heavy atom. The lowest BCUT2D eigenvalue weighted by atomic mass is 10.2. The molecule has 0 saturated carbocycles. The summed E-state index contributed by atoms with van der Waals surface area (Å²) in [6.07, 6.45) is -1.39. The largest absolute Gasteiger partial charge is 0.465 e. The first-order valence-corrected chi connectivity index (χ1v) is 13.5. The van der Waals surface area contributed by atoms with Gasteiger partial charge in [-0.05, 0) is 37.1 Å². The van der Waals surface area contributed by atoms with E-state index in [1.54, 1.807) is 0 Å². The fourth-order valence-corrected chi connectivity index (χ4v) is 5.89. The van der Waals surface area contributed by atoms with Crippen molar-refractivity contribution in [1.82, 2.24) is 49.6 Å². The summed E-state index contributed by atoms with van der Waals surface area (Å²) in [5.41, 5.74) is 3.21. The highest BCUT2D eigenvalue weighted by atomic mass is 16.4. The van der Waals surface area contributed by atoms with Gasteiger partial charge in [0.1, 0.15) is 23.4 Å². The van der Waals surface area contributed by atoms with Gasteiger partial charge in [-0.3, -0.25) is 9.80 Å². The molecule has 2 fully saturated rings. The number of benzene rings is 2. The first-order chi connectivity index (χ1) is 19.5. The van der Waals surface area contributed by atoms with Gasteiger partial charge in [-0.2, -0.15) is 0 Å². The second kappa shape index (κ2) is 11.1. The molecular weight excluding hydrogens is 516 g/mol. The number of fused-ring (bicyclic) bond motifs is 2. The molecule has 2 saturated heterocycles. The van der Waals surface area contributed by atoms with Crippen molar-refractivity contribution in [2.75, 3.05) is 52.4 Å². The molecule has 4 heterocycles. The molecule has 2 aromatic heterocycles. The zero-order valence-electron chi connectivity index (χ0n) is 22.0. The minimum absolute atomic E-state index is 0.357. The maximum absolute atomic E-state index is 11.8. The molecule has 4 aromatic rings. The van der Waals surface area contributed by atoms with E-state index in [0.29, 0.717) is 65.2 Å². The quantitative estimate of drug-likeness (QED) is 0.380. The smallest absolute Gasteiger partial charge is 0.407 e. The highest BCUT2D eigenvalue weighted by Crippen LogP contribution is 2.35.